The van der Waals surface area contributed by atoms with Crippen LogP contribution in [0.3, 0.4) is 0 Å². The number of morpholine rings is 1. The first-order valence-electron chi connectivity index (χ1n) is 7.40. The maximum Gasteiger partial charge on any atom is 0.236 e. The van der Waals surface area contributed by atoms with Crippen LogP contribution >= 0.6 is 0 Å². The highest BCUT2D eigenvalue weighted by molar-refractivity contribution is 5.78. The number of rotatable bonds is 3. The van der Waals surface area contributed by atoms with Crippen molar-refractivity contribution in [3.63, 3.8) is 0 Å². The highest BCUT2D eigenvalue weighted by Gasteiger charge is 2.27. The molecule has 0 aromatic carbocycles. The van der Waals surface area contributed by atoms with Gasteiger partial charge in [0.15, 0.2) is 0 Å². The van der Waals surface area contributed by atoms with Gasteiger partial charge in [0.25, 0.3) is 0 Å². The molecule has 3 atom stereocenters. The molecule has 2 aliphatic rings. The Labute approximate surface area is 116 Å². The summed E-state index contributed by atoms with van der Waals surface area (Å²) in [5.41, 5.74) is 0. The monoisotopic (exact) mass is 269 g/mol. The van der Waals surface area contributed by atoms with Gasteiger partial charge in [-0.15, -0.1) is 0 Å². The molecule has 5 nitrogen and oxygen atoms in total. The van der Waals surface area contributed by atoms with Crippen molar-refractivity contribution in [3.8, 4) is 0 Å². The highest BCUT2D eigenvalue weighted by atomic mass is 16.5. The summed E-state index contributed by atoms with van der Waals surface area (Å²) in [5.74, 6) is 0.232. The molecular weight excluding hydrogens is 242 g/mol. The Balaban J connectivity index is 1.82. The van der Waals surface area contributed by atoms with Gasteiger partial charge >= 0.3 is 0 Å². The number of hydrogen-bond donors (Lipinski definition) is 1. The van der Waals surface area contributed by atoms with Crippen LogP contribution in [-0.4, -0.2) is 73.7 Å². The van der Waals surface area contributed by atoms with Crippen LogP contribution in [0.25, 0.3) is 0 Å². The minimum absolute atomic E-state index is 0.148. The number of amides is 1. The molecule has 2 fully saturated rings. The number of carbonyl (C=O) groups excluding carboxylic acids is 1. The summed E-state index contributed by atoms with van der Waals surface area (Å²) < 4.78 is 5.67. The SMILES string of the molecule is CC1CN(C(=O)CN(C)C2CCCNC2)CC(C)O1. The lowest BCUT2D eigenvalue weighted by molar-refractivity contribution is -0.144. The smallest absolute Gasteiger partial charge is 0.236 e. The van der Waals surface area contributed by atoms with Gasteiger partial charge in [0.2, 0.25) is 5.91 Å². The third-order valence-corrected chi connectivity index (χ3v) is 4.05. The number of carbonyl (C=O) groups is 1. The Bertz CT molecular complexity index is 295. The van der Waals surface area contributed by atoms with Crippen LogP contribution < -0.4 is 5.32 Å². The van der Waals surface area contributed by atoms with Gasteiger partial charge < -0.3 is 15.0 Å². The molecule has 0 spiro atoms. The lowest BCUT2D eigenvalue weighted by Gasteiger charge is -2.37. The lowest BCUT2D eigenvalue weighted by Crippen LogP contribution is -2.53. The van der Waals surface area contributed by atoms with Gasteiger partial charge in [-0.3, -0.25) is 9.69 Å². The van der Waals surface area contributed by atoms with Gasteiger partial charge in [-0.25, -0.2) is 0 Å². The van der Waals surface area contributed by atoms with E-state index in [1.807, 2.05) is 18.7 Å². The number of likely N-dealkylation sites (N-methyl/N-ethyl adjacent to an activating group) is 1. The summed E-state index contributed by atoms with van der Waals surface area (Å²) in [4.78, 5) is 16.5. The molecule has 0 radical (unpaired) electrons. The van der Waals surface area contributed by atoms with Crippen molar-refractivity contribution >= 4 is 5.91 Å². The zero-order valence-corrected chi connectivity index (χ0v) is 12.4. The molecule has 0 aliphatic carbocycles. The molecule has 5 heteroatoms. The maximum atomic E-state index is 12.4. The van der Waals surface area contributed by atoms with Gasteiger partial charge in [-0.2, -0.15) is 0 Å². The van der Waals surface area contributed by atoms with Crippen molar-refractivity contribution in [2.75, 3.05) is 39.8 Å². The Kier molecular flexibility index (Phi) is 5.19. The maximum absolute atomic E-state index is 12.4. The number of nitrogens with zero attached hydrogens (tertiary/aromatic N) is 2. The number of piperidine rings is 1. The molecule has 2 heterocycles. The molecular formula is C14H27N3O2. The zero-order valence-electron chi connectivity index (χ0n) is 12.4. The molecule has 2 rings (SSSR count). The number of ether oxygens (including phenoxy) is 1. The van der Waals surface area contributed by atoms with E-state index in [0.29, 0.717) is 12.6 Å². The van der Waals surface area contributed by atoms with Gasteiger partial charge in [0, 0.05) is 25.7 Å². The standard InChI is InChI=1S/C14H27N3O2/c1-11-8-17(9-12(2)19-11)14(18)10-16(3)13-5-4-6-15-7-13/h11-13,15H,4-10H2,1-3H3. The minimum atomic E-state index is 0.148. The Morgan fingerprint density at radius 1 is 1.37 bits per heavy atom. The van der Waals surface area contributed by atoms with Crippen LogP contribution in [0.1, 0.15) is 26.7 Å². The van der Waals surface area contributed by atoms with Gasteiger partial charge in [-0.05, 0) is 40.3 Å². The van der Waals surface area contributed by atoms with Crippen molar-refractivity contribution in [1.29, 1.82) is 0 Å². The molecule has 1 amide bonds. The predicted octanol–water partition coefficient (Wildman–Crippen LogP) is 0.306. The number of nitrogens with one attached hydrogen (secondary N) is 1. The van der Waals surface area contributed by atoms with Crippen LogP contribution in [0, 0.1) is 0 Å². The van der Waals surface area contributed by atoms with E-state index in [-0.39, 0.29) is 18.1 Å². The van der Waals surface area contributed by atoms with Crippen LogP contribution in [0.2, 0.25) is 0 Å². The molecule has 19 heavy (non-hydrogen) atoms. The molecule has 2 aliphatic heterocycles. The molecule has 0 aromatic rings. The third kappa shape index (κ3) is 4.16. The van der Waals surface area contributed by atoms with Crippen molar-refractivity contribution in [2.24, 2.45) is 0 Å². The van der Waals surface area contributed by atoms with E-state index in [9.17, 15) is 4.79 Å². The second kappa shape index (κ2) is 6.68. The van der Waals surface area contributed by atoms with Gasteiger partial charge in [0.1, 0.15) is 0 Å². The highest BCUT2D eigenvalue weighted by Crippen LogP contribution is 2.13. The van der Waals surface area contributed by atoms with Crippen molar-refractivity contribution < 1.29 is 9.53 Å². The Morgan fingerprint density at radius 3 is 2.63 bits per heavy atom. The molecule has 3 unspecified atom stereocenters. The fourth-order valence-corrected chi connectivity index (χ4v) is 3.03. The molecule has 2 saturated heterocycles. The van der Waals surface area contributed by atoms with Crippen LogP contribution in [0.15, 0.2) is 0 Å². The molecule has 0 aromatic heterocycles. The summed E-state index contributed by atoms with van der Waals surface area (Å²) in [6, 6.07) is 0.494. The van der Waals surface area contributed by atoms with E-state index < -0.39 is 0 Å². The second-order valence-corrected chi connectivity index (χ2v) is 5.97. The van der Waals surface area contributed by atoms with Crippen LogP contribution in [0.4, 0.5) is 0 Å². The fourth-order valence-electron chi connectivity index (χ4n) is 3.03. The van der Waals surface area contributed by atoms with Gasteiger partial charge in [-0.1, -0.05) is 0 Å². The average Bonchev–Trinajstić information content (AvgIpc) is 2.38. The molecule has 1 N–H and O–H groups in total. The first-order chi connectivity index (χ1) is 9.06. The van der Waals surface area contributed by atoms with E-state index in [4.69, 9.17) is 4.74 Å². The first-order valence-corrected chi connectivity index (χ1v) is 7.40. The summed E-state index contributed by atoms with van der Waals surface area (Å²) in [5, 5.41) is 3.40. The van der Waals surface area contributed by atoms with E-state index in [2.05, 4.69) is 17.3 Å². The fraction of sp³-hybridized carbons (Fsp3) is 0.929. The third-order valence-electron chi connectivity index (χ3n) is 4.05. The minimum Gasteiger partial charge on any atom is -0.372 e. The largest absolute Gasteiger partial charge is 0.372 e. The van der Waals surface area contributed by atoms with Crippen molar-refractivity contribution in [3.05, 3.63) is 0 Å². The quantitative estimate of drug-likeness (QED) is 0.801. The Morgan fingerprint density at radius 2 is 2.05 bits per heavy atom. The molecule has 0 bridgehead atoms. The average molecular weight is 269 g/mol. The summed E-state index contributed by atoms with van der Waals surface area (Å²) >= 11 is 0. The van der Waals surface area contributed by atoms with E-state index in [1.54, 1.807) is 0 Å². The van der Waals surface area contributed by atoms with Crippen LogP contribution in [-0.2, 0) is 9.53 Å². The summed E-state index contributed by atoms with van der Waals surface area (Å²) in [7, 11) is 2.06. The van der Waals surface area contributed by atoms with Crippen LogP contribution in [0.5, 0.6) is 0 Å². The zero-order chi connectivity index (χ0) is 13.8. The van der Waals surface area contributed by atoms with E-state index in [1.165, 1.54) is 12.8 Å². The predicted molar refractivity (Wildman–Crippen MR) is 75.1 cm³/mol. The lowest BCUT2D eigenvalue weighted by atomic mass is 10.1. The molecule has 0 saturated carbocycles. The van der Waals surface area contributed by atoms with E-state index >= 15 is 0 Å². The molecule has 110 valence electrons. The first kappa shape index (κ1) is 14.8. The van der Waals surface area contributed by atoms with Crippen molar-refractivity contribution in [1.82, 2.24) is 15.1 Å². The van der Waals surface area contributed by atoms with Gasteiger partial charge in [0.05, 0.1) is 18.8 Å². The normalized spacial score (nSPS) is 32.6. The topological polar surface area (TPSA) is 44.8 Å². The van der Waals surface area contributed by atoms with E-state index in [0.717, 1.165) is 26.2 Å². The Hall–Kier alpha value is -0.650. The summed E-state index contributed by atoms with van der Waals surface area (Å²) in [6.45, 7) is 8.14. The summed E-state index contributed by atoms with van der Waals surface area (Å²) in [6.07, 6.45) is 2.69. The number of hydrogen-bond acceptors (Lipinski definition) is 4. The second-order valence-electron chi connectivity index (χ2n) is 5.97. The van der Waals surface area contributed by atoms with Crippen molar-refractivity contribution in [2.45, 2.75) is 44.9 Å².